The van der Waals surface area contributed by atoms with Crippen LogP contribution in [0.5, 0.6) is 0 Å². The van der Waals surface area contributed by atoms with Gasteiger partial charge >= 0.3 is 18.1 Å². The second-order valence-electron chi connectivity index (χ2n) is 3.47. The van der Waals surface area contributed by atoms with Gasteiger partial charge in [-0.3, -0.25) is 9.59 Å². The van der Waals surface area contributed by atoms with Crippen LogP contribution in [-0.4, -0.2) is 53.5 Å². The Bertz CT molecular complexity index is 343. The summed E-state index contributed by atoms with van der Waals surface area (Å²) < 4.78 is 39.2. The third-order valence-electron chi connectivity index (χ3n) is 1.75. The number of hydrogen-bond donors (Lipinski definition) is 3. The fourth-order valence-electron chi connectivity index (χ4n) is 0.994. The van der Waals surface area contributed by atoms with Gasteiger partial charge in [-0.25, -0.2) is 4.79 Å². The number of ether oxygens (including phenoxy) is 1. The van der Waals surface area contributed by atoms with Gasteiger partial charge in [0.2, 0.25) is 5.91 Å². The molecule has 0 saturated carbocycles. The summed E-state index contributed by atoms with van der Waals surface area (Å²) in [5, 5.41) is 18.8. The number of carboxylic acids is 2. The zero-order valence-corrected chi connectivity index (χ0v) is 9.57. The van der Waals surface area contributed by atoms with Gasteiger partial charge in [0.15, 0.2) is 0 Å². The molecule has 7 nitrogen and oxygen atoms in total. The average molecular weight is 287 g/mol. The van der Waals surface area contributed by atoms with Gasteiger partial charge in [-0.05, 0) is 0 Å². The van der Waals surface area contributed by atoms with Crippen molar-refractivity contribution in [3.63, 3.8) is 0 Å². The molecule has 0 bridgehead atoms. The zero-order valence-electron chi connectivity index (χ0n) is 9.57. The van der Waals surface area contributed by atoms with Crippen LogP contribution in [0.3, 0.4) is 0 Å². The van der Waals surface area contributed by atoms with Gasteiger partial charge in [0.25, 0.3) is 0 Å². The molecule has 0 aliphatic heterocycles. The number of aliphatic carboxylic acids is 2. The number of carbonyl (C=O) groups is 3. The van der Waals surface area contributed by atoms with Crippen LogP contribution < -0.4 is 5.32 Å². The molecule has 1 amide bonds. The molecular formula is C9H12F3NO6. The highest BCUT2D eigenvalue weighted by Gasteiger charge is 2.27. The highest BCUT2D eigenvalue weighted by atomic mass is 19.4. The fraction of sp³-hybridized carbons (Fsp3) is 0.667. The van der Waals surface area contributed by atoms with Crippen molar-refractivity contribution in [2.45, 2.75) is 25.1 Å². The smallest absolute Gasteiger partial charge is 0.411 e. The van der Waals surface area contributed by atoms with Crippen LogP contribution in [0.4, 0.5) is 13.2 Å². The normalized spacial score (nSPS) is 12.8. The van der Waals surface area contributed by atoms with Crippen molar-refractivity contribution in [1.29, 1.82) is 0 Å². The molecule has 10 heteroatoms. The van der Waals surface area contributed by atoms with Crippen LogP contribution in [0, 0.1) is 0 Å². The molecule has 110 valence electrons. The van der Waals surface area contributed by atoms with Gasteiger partial charge in [-0.1, -0.05) is 0 Å². The summed E-state index contributed by atoms with van der Waals surface area (Å²) in [7, 11) is 0. The summed E-state index contributed by atoms with van der Waals surface area (Å²) in [6, 6.07) is -1.63. The van der Waals surface area contributed by atoms with E-state index in [0.29, 0.717) is 0 Å². The second-order valence-corrected chi connectivity index (χ2v) is 3.47. The van der Waals surface area contributed by atoms with E-state index in [4.69, 9.17) is 10.2 Å². The number of rotatable bonds is 8. The van der Waals surface area contributed by atoms with Crippen molar-refractivity contribution >= 4 is 17.8 Å². The minimum Gasteiger partial charge on any atom is -0.481 e. The molecule has 1 atom stereocenters. The summed E-state index contributed by atoms with van der Waals surface area (Å²) in [4.78, 5) is 32.0. The van der Waals surface area contributed by atoms with Crippen LogP contribution in [0.15, 0.2) is 0 Å². The summed E-state index contributed by atoms with van der Waals surface area (Å²) in [6.07, 6.45) is -5.84. The Kier molecular flexibility index (Phi) is 6.83. The van der Waals surface area contributed by atoms with Crippen molar-refractivity contribution in [2.75, 3.05) is 13.2 Å². The van der Waals surface area contributed by atoms with E-state index < -0.39 is 56.1 Å². The monoisotopic (exact) mass is 287 g/mol. The van der Waals surface area contributed by atoms with Gasteiger partial charge < -0.3 is 20.3 Å². The molecule has 0 aromatic carbocycles. The van der Waals surface area contributed by atoms with Crippen molar-refractivity contribution in [3.8, 4) is 0 Å². The lowest BCUT2D eigenvalue weighted by atomic mass is 10.2. The molecule has 0 aliphatic carbocycles. The van der Waals surface area contributed by atoms with Gasteiger partial charge in [0, 0.05) is 6.42 Å². The molecule has 0 spiro atoms. The van der Waals surface area contributed by atoms with Crippen LogP contribution >= 0.6 is 0 Å². The summed E-state index contributed by atoms with van der Waals surface area (Å²) in [5.41, 5.74) is 0. The number of nitrogens with one attached hydrogen (secondary N) is 1. The topological polar surface area (TPSA) is 113 Å². The third kappa shape index (κ3) is 9.83. The number of halogens is 3. The lowest BCUT2D eigenvalue weighted by Crippen LogP contribution is -2.42. The first-order chi connectivity index (χ1) is 8.61. The maximum absolute atomic E-state index is 11.7. The Morgan fingerprint density at radius 1 is 1.21 bits per heavy atom. The number of alkyl halides is 3. The van der Waals surface area contributed by atoms with Gasteiger partial charge in [0.1, 0.15) is 12.6 Å². The molecule has 19 heavy (non-hydrogen) atoms. The number of carboxylic acid groups (broad SMARTS) is 2. The first-order valence-corrected chi connectivity index (χ1v) is 5.00. The quantitative estimate of drug-likeness (QED) is 0.542. The summed E-state index contributed by atoms with van der Waals surface area (Å²) in [5.74, 6) is -3.89. The lowest BCUT2D eigenvalue weighted by molar-refractivity contribution is -0.174. The van der Waals surface area contributed by atoms with Crippen LogP contribution in [0.2, 0.25) is 0 Å². The van der Waals surface area contributed by atoms with E-state index in [2.05, 4.69) is 4.74 Å². The van der Waals surface area contributed by atoms with Crippen molar-refractivity contribution in [3.05, 3.63) is 0 Å². The SMILES string of the molecule is O=C(O)C[C@H](NC(=O)CCOCC(F)(F)F)C(=O)O. The number of amides is 1. The van der Waals surface area contributed by atoms with Crippen molar-refractivity contribution < 1.29 is 42.5 Å². The maximum atomic E-state index is 11.7. The fourth-order valence-corrected chi connectivity index (χ4v) is 0.994. The first kappa shape index (κ1) is 17.2. The first-order valence-electron chi connectivity index (χ1n) is 5.00. The predicted molar refractivity (Wildman–Crippen MR) is 53.3 cm³/mol. The predicted octanol–water partition coefficient (Wildman–Crippen LogP) is -0.000500. The molecular weight excluding hydrogens is 275 g/mol. The standard InChI is InChI=1S/C9H12F3NO6/c10-9(11,12)4-19-2-1-6(14)13-5(8(17)18)3-7(15)16/h5H,1-4H2,(H,13,14)(H,15,16)(H,17,18)/t5-/m0/s1. The summed E-state index contributed by atoms with van der Waals surface area (Å²) in [6.45, 7) is -2.07. The largest absolute Gasteiger partial charge is 0.481 e. The van der Waals surface area contributed by atoms with Gasteiger partial charge in [-0.2, -0.15) is 13.2 Å². The Morgan fingerprint density at radius 2 is 1.79 bits per heavy atom. The molecule has 0 unspecified atom stereocenters. The molecule has 0 heterocycles. The van der Waals surface area contributed by atoms with E-state index in [9.17, 15) is 27.6 Å². The van der Waals surface area contributed by atoms with E-state index in [-0.39, 0.29) is 0 Å². The van der Waals surface area contributed by atoms with E-state index in [1.807, 2.05) is 5.32 Å². The van der Waals surface area contributed by atoms with Crippen LogP contribution in [0.1, 0.15) is 12.8 Å². The maximum Gasteiger partial charge on any atom is 0.411 e. The van der Waals surface area contributed by atoms with Gasteiger partial charge in [-0.15, -0.1) is 0 Å². The average Bonchev–Trinajstić information content (AvgIpc) is 2.21. The highest BCUT2D eigenvalue weighted by Crippen LogP contribution is 2.14. The minimum atomic E-state index is -4.51. The second kappa shape index (κ2) is 7.56. The summed E-state index contributed by atoms with van der Waals surface area (Å²) >= 11 is 0. The zero-order chi connectivity index (χ0) is 15.1. The molecule has 0 aromatic rings. The molecule has 0 fully saturated rings. The van der Waals surface area contributed by atoms with Gasteiger partial charge in [0.05, 0.1) is 13.0 Å². The van der Waals surface area contributed by atoms with Crippen LogP contribution in [-0.2, 0) is 19.1 Å². The van der Waals surface area contributed by atoms with Crippen molar-refractivity contribution in [2.24, 2.45) is 0 Å². The molecule has 0 aromatic heterocycles. The molecule has 0 radical (unpaired) electrons. The lowest BCUT2D eigenvalue weighted by Gasteiger charge is -2.12. The van der Waals surface area contributed by atoms with E-state index in [0.717, 1.165) is 0 Å². The van der Waals surface area contributed by atoms with Crippen molar-refractivity contribution in [1.82, 2.24) is 5.32 Å². The minimum absolute atomic E-state index is 0.501. The molecule has 0 saturated heterocycles. The van der Waals surface area contributed by atoms with E-state index in [1.54, 1.807) is 0 Å². The number of carbonyl (C=O) groups excluding carboxylic acids is 1. The Labute approximate surface area is 105 Å². The van der Waals surface area contributed by atoms with E-state index in [1.165, 1.54) is 0 Å². The molecule has 0 rings (SSSR count). The Hall–Kier alpha value is -1.84. The highest BCUT2D eigenvalue weighted by molar-refractivity contribution is 5.86. The van der Waals surface area contributed by atoms with E-state index >= 15 is 0 Å². The molecule has 3 N–H and O–H groups in total. The third-order valence-corrected chi connectivity index (χ3v) is 1.75. The number of hydrogen-bond acceptors (Lipinski definition) is 4. The Morgan fingerprint density at radius 3 is 2.21 bits per heavy atom. The Balaban J connectivity index is 4.00. The molecule has 0 aliphatic rings. The van der Waals surface area contributed by atoms with Crippen LogP contribution in [0.25, 0.3) is 0 Å².